The van der Waals surface area contributed by atoms with Crippen LogP contribution >= 0.6 is 11.3 Å². The lowest BCUT2D eigenvalue weighted by Crippen LogP contribution is -2.06. The molecule has 0 fully saturated rings. The van der Waals surface area contributed by atoms with Gasteiger partial charge in [0.15, 0.2) is 0 Å². The van der Waals surface area contributed by atoms with E-state index in [2.05, 4.69) is 14.5 Å². The lowest BCUT2D eigenvalue weighted by atomic mass is 10.9. The standard InChI is InChI=1S/C5H5NO3S/c1-8-5(7)9-4-2-10-3-6-4/h2-3H,1H3. The van der Waals surface area contributed by atoms with Crippen molar-refractivity contribution in [1.82, 2.24) is 4.98 Å². The molecule has 1 heterocycles. The Bertz CT molecular complexity index is 209. The number of rotatable bonds is 1. The summed E-state index contributed by atoms with van der Waals surface area (Å²) in [6.45, 7) is 0. The van der Waals surface area contributed by atoms with E-state index in [0.717, 1.165) is 0 Å². The van der Waals surface area contributed by atoms with Crippen molar-refractivity contribution in [2.24, 2.45) is 0 Å². The predicted molar refractivity (Wildman–Crippen MR) is 35.1 cm³/mol. The molecule has 0 amide bonds. The number of carbonyl (C=O) groups is 1. The Labute approximate surface area is 61.4 Å². The molecule has 54 valence electrons. The topological polar surface area (TPSA) is 48.4 Å². The smallest absolute Gasteiger partial charge is 0.437 e. The summed E-state index contributed by atoms with van der Waals surface area (Å²) in [5.74, 6) is 0.275. The molecule has 0 aliphatic rings. The Hall–Kier alpha value is -1.10. The summed E-state index contributed by atoms with van der Waals surface area (Å²) in [5, 5.41) is 1.61. The molecule has 0 aliphatic heterocycles. The first-order valence-corrected chi connectivity index (χ1v) is 3.41. The van der Waals surface area contributed by atoms with Crippen molar-refractivity contribution >= 4 is 17.5 Å². The monoisotopic (exact) mass is 159 g/mol. The molecule has 0 saturated carbocycles. The molecule has 0 saturated heterocycles. The van der Waals surface area contributed by atoms with Gasteiger partial charge in [0.25, 0.3) is 0 Å². The normalized spacial score (nSPS) is 8.90. The first-order valence-electron chi connectivity index (χ1n) is 2.47. The third-order valence-corrected chi connectivity index (χ3v) is 1.33. The lowest BCUT2D eigenvalue weighted by Gasteiger charge is -1.95. The fourth-order valence-corrected chi connectivity index (χ4v) is 0.830. The molecule has 0 N–H and O–H groups in total. The van der Waals surface area contributed by atoms with Crippen LogP contribution in [0.4, 0.5) is 4.79 Å². The van der Waals surface area contributed by atoms with Crippen molar-refractivity contribution < 1.29 is 14.3 Å². The molecule has 1 aromatic rings. The Morgan fingerprint density at radius 2 is 2.60 bits per heavy atom. The fourth-order valence-electron chi connectivity index (χ4n) is 0.379. The zero-order chi connectivity index (χ0) is 7.40. The number of hydrogen-bond donors (Lipinski definition) is 0. The number of aromatic nitrogens is 1. The predicted octanol–water partition coefficient (Wildman–Crippen LogP) is 1.29. The van der Waals surface area contributed by atoms with Crippen LogP contribution in [-0.2, 0) is 4.74 Å². The number of ether oxygens (including phenoxy) is 2. The first kappa shape index (κ1) is 7.01. The van der Waals surface area contributed by atoms with Crippen LogP contribution in [0.3, 0.4) is 0 Å². The van der Waals surface area contributed by atoms with E-state index in [1.54, 1.807) is 10.9 Å². The highest BCUT2D eigenvalue weighted by Crippen LogP contribution is 2.09. The van der Waals surface area contributed by atoms with E-state index in [1.807, 2.05) is 0 Å². The van der Waals surface area contributed by atoms with Crippen molar-refractivity contribution in [3.8, 4) is 5.88 Å². The zero-order valence-electron chi connectivity index (χ0n) is 5.23. The second-order valence-corrected chi connectivity index (χ2v) is 2.10. The van der Waals surface area contributed by atoms with Gasteiger partial charge in [0.05, 0.1) is 18.0 Å². The summed E-state index contributed by atoms with van der Waals surface area (Å²) in [7, 11) is 1.24. The van der Waals surface area contributed by atoms with Gasteiger partial charge in [-0.3, -0.25) is 0 Å². The maximum Gasteiger partial charge on any atom is 0.514 e. The SMILES string of the molecule is COC(=O)Oc1cscn1. The van der Waals surface area contributed by atoms with Crippen LogP contribution in [0.2, 0.25) is 0 Å². The van der Waals surface area contributed by atoms with E-state index in [9.17, 15) is 4.79 Å². The van der Waals surface area contributed by atoms with Gasteiger partial charge < -0.3 is 9.47 Å². The molecule has 0 unspecified atom stereocenters. The summed E-state index contributed by atoms with van der Waals surface area (Å²) in [6, 6.07) is 0. The highest BCUT2D eigenvalue weighted by Gasteiger charge is 2.02. The van der Waals surface area contributed by atoms with Crippen LogP contribution < -0.4 is 4.74 Å². The number of hydrogen-bond acceptors (Lipinski definition) is 5. The third-order valence-electron chi connectivity index (χ3n) is 0.764. The molecule has 1 aromatic heterocycles. The van der Waals surface area contributed by atoms with Crippen LogP contribution in [0.1, 0.15) is 0 Å². The maximum absolute atomic E-state index is 10.4. The van der Waals surface area contributed by atoms with Crippen LogP contribution in [-0.4, -0.2) is 18.2 Å². The van der Waals surface area contributed by atoms with Crippen LogP contribution in [0.15, 0.2) is 10.9 Å². The highest BCUT2D eigenvalue weighted by molar-refractivity contribution is 7.07. The fraction of sp³-hybridized carbons (Fsp3) is 0.200. The molecule has 1 rings (SSSR count). The average molecular weight is 159 g/mol. The van der Waals surface area contributed by atoms with E-state index in [0.29, 0.717) is 0 Å². The minimum atomic E-state index is -0.745. The number of methoxy groups -OCH3 is 1. The Morgan fingerprint density at radius 1 is 1.80 bits per heavy atom. The summed E-state index contributed by atoms with van der Waals surface area (Å²) in [5.41, 5.74) is 1.57. The van der Waals surface area contributed by atoms with Gasteiger partial charge >= 0.3 is 6.16 Å². The maximum atomic E-state index is 10.4. The van der Waals surface area contributed by atoms with Gasteiger partial charge in [-0.2, -0.15) is 0 Å². The van der Waals surface area contributed by atoms with Gasteiger partial charge in [0.2, 0.25) is 5.88 Å². The van der Waals surface area contributed by atoms with E-state index in [4.69, 9.17) is 0 Å². The Balaban J connectivity index is 2.48. The molecule has 0 aromatic carbocycles. The molecule has 4 nitrogen and oxygen atoms in total. The molecular formula is C5H5NO3S. The molecule has 0 spiro atoms. The molecule has 0 bridgehead atoms. The second kappa shape index (κ2) is 3.17. The quantitative estimate of drug-likeness (QED) is 0.579. The molecule has 0 atom stereocenters. The van der Waals surface area contributed by atoms with E-state index < -0.39 is 6.16 Å². The van der Waals surface area contributed by atoms with Gasteiger partial charge in [0, 0.05) is 0 Å². The van der Waals surface area contributed by atoms with Gasteiger partial charge in [-0.1, -0.05) is 0 Å². The highest BCUT2D eigenvalue weighted by atomic mass is 32.1. The lowest BCUT2D eigenvalue weighted by molar-refractivity contribution is 0.120. The molecule has 5 heteroatoms. The van der Waals surface area contributed by atoms with Crippen LogP contribution in [0.5, 0.6) is 5.88 Å². The van der Waals surface area contributed by atoms with Crippen LogP contribution in [0, 0.1) is 0 Å². The Kier molecular flexibility index (Phi) is 2.22. The van der Waals surface area contributed by atoms with Crippen molar-refractivity contribution in [1.29, 1.82) is 0 Å². The second-order valence-electron chi connectivity index (χ2n) is 1.38. The van der Waals surface area contributed by atoms with Crippen molar-refractivity contribution in [3.63, 3.8) is 0 Å². The van der Waals surface area contributed by atoms with Crippen molar-refractivity contribution in [2.45, 2.75) is 0 Å². The van der Waals surface area contributed by atoms with Crippen molar-refractivity contribution in [3.05, 3.63) is 10.9 Å². The minimum absolute atomic E-state index is 0.275. The number of carbonyl (C=O) groups excluding carboxylic acids is 1. The van der Waals surface area contributed by atoms with Crippen molar-refractivity contribution in [2.75, 3.05) is 7.11 Å². The molecule has 0 aliphatic carbocycles. The third kappa shape index (κ3) is 1.70. The van der Waals surface area contributed by atoms with Gasteiger partial charge in [-0.05, 0) is 0 Å². The van der Waals surface area contributed by atoms with E-state index in [-0.39, 0.29) is 5.88 Å². The van der Waals surface area contributed by atoms with E-state index >= 15 is 0 Å². The summed E-state index contributed by atoms with van der Waals surface area (Å²) >= 11 is 1.35. The zero-order valence-corrected chi connectivity index (χ0v) is 6.05. The summed E-state index contributed by atoms with van der Waals surface area (Å²) in [6.07, 6.45) is -0.745. The summed E-state index contributed by atoms with van der Waals surface area (Å²) < 4.78 is 8.77. The molecule has 0 radical (unpaired) electrons. The minimum Gasteiger partial charge on any atom is -0.437 e. The van der Waals surface area contributed by atoms with Crippen LogP contribution in [0.25, 0.3) is 0 Å². The first-order chi connectivity index (χ1) is 4.83. The number of thiazole rings is 1. The largest absolute Gasteiger partial charge is 0.514 e. The number of nitrogens with zero attached hydrogens (tertiary/aromatic N) is 1. The molecular weight excluding hydrogens is 154 g/mol. The van der Waals surface area contributed by atoms with Gasteiger partial charge in [0.1, 0.15) is 0 Å². The Morgan fingerprint density at radius 3 is 3.10 bits per heavy atom. The summed E-state index contributed by atoms with van der Waals surface area (Å²) in [4.78, 5) is 14.1. The van der Waals surface area contributed by atoms with Gasteiger partial charge in [-0.25, -0.2) is 9.78 Å². The van der Waals surface area contributed by atoms with E-state index in [1.165, 1.54) is 18.4 Å². The molecule has 10 heavy (non-hydrogen) atoms. The average Bonchev–Trinajstić information content (AvgIpc) is 2.40. The van der Waals surface area contributed by atoms with Gasteiger partial charge in [-0.15, -0.1) is 11.3 Å².